The lowest BCUT2D eigenvalue weighted by molar-refractivity contribution is -0.137. The quantitative estimate of drug-likeness (QED) is 0.857. The Kier molecular flexibility index (Phi) is 3.59. The van der Waals surface area contributed by atoms with E-state index in [4.69, 9.17) is 9.52 Å². The summed E-state index contributed by atoms with van der Waals surface area (Å²) in [4.78, 5) is 21.9. The molecule has 0 fully saturated rings. The Morgan fingerprint density at radius 3 is 2.95 bits per heavy atom. The first-order valence-electron chi connectivity index (χ1n) is 6.02. The van der Waals surface area contributed by atoms with Crippen molar-refractivity contribution in [3.8, 4) is 0 Å². The molecule has 1 heterocycles. The van der Waals surface area contributed by atoms with Gasteiger partial charge in [-0.15, -0.1) is 0 Å². The molecule has 1 atom stereocenters. The molecule has 0 radical (unpaired) electrons. The molecule has 19 heavy (non-hydrogen) atoms. The Labute approximate surface area is 109 Å². The number of hydrogen-bond donors (Lipinski definition) is 2. The van der Waals surface area contributed by atoms with Crippen molar-refractivity contribution in [2.24, 2.45) is 13.0 Å². The van der Waals surface area contributed by atoms with E-state index < -0.39 is 11.7 Å². The van der Waals surface area contributed by atoms with Crippen LogP contribution in [0.25, 0.3) is 11.1 Å². The van der Waals surface area contributed by atoms with Gasteiger partial charge in [0.25, 0.3) is 0 Å². The molecular weight excluding hydrogens is 248 g/mol. The van der Waals surface area contributed by atoms with Gasteiger partial charge in [-0.05, 0) is 18.1 Å². The fourth-order valence-electron chi connectivity index (χ4n) is 1.91. The lowest BCUT2D eigenvalue weighted by Gasteiger charge is -2.11. The summed E-state index contributed by atoms with van der Waals surface area (Å²) in [6.45, 7) is 2.41. The van der Waals surface area contributed by atoms with Crippen molar-refractivity contribution in [3.05, 3.63) is 28.7 Å². The zero-order valence-electron chi connectivity index (χ0n) is 10.8. The van der Waals surface area contributed by atoms with Crippen LogP contribution in [0.3, 0.4) is 0 Å². The molecule has 2 N–H and O–H groups in total. The van der Waals surface area contributed by atoms with E-state index in [1.807, 2.05) is 13.0 Å². The van der Waals surface area contributed by atoms with Crippen molar-refractivity contribution in [2.45, 2.75) is 13.3 Å². The van der Waals surface area contributed by atoms with Crippen LogP contribution in [0.15, 0.2) is 27.4 Å². The number of oxazole rings is 1. The molecule has 1 aromatic carbocycles. The van der Waals surface area contributed by atoms with Crippen LogP contribution in [-0.4, -0.2) is 22.2 Å². The molecule has 0 saturated carbocycles. The van der Waals surface area contributed by atoms with E-state index in [-0.39, 0.29) is 12.3 Å². The highest BCUT2D eigenvalue weighted by Gasteiger charge is 2.09. The number of carboxylic acids is 1. The lowest BCUT2D eigenvalue weighted by atomic mass is 10.1. The third kappa shape index (κ3) is 2.96. The highest BCUT2D eigenvalue weighted by atomic mass is 16.4. The topological polar surface area (TPSA) is 84.5 Å². The van der Waals surface area contributed by atoms with Gasteiger partial charge >= 0.3 is 11.7 Å². The van der Waals surface area contributed by atoms with Gasteiger partial charge in [-0.2, -0.15) is 0 Å². The fraction of sp³-hybridized carbons (Fsp3) is 0.385. The number of nitrogens with zero attached hydrogens (tertiary/aromatic N) is 1. The lowest BCUT2D eigenvalue weighted by Crippen LogP contribution is -2.14. The number of aliphatic carboxylic acids is 1. The zero-order valence-corrected chi connectivity index (χ0v) is 10.8. The number of hydrogen-bond acceptors (Lipinski definition) is 4. The van der Waals surface area contributed by atoms with E-state index in [1.165, 1.54) is 4.57 Å². The number of aryl methyl sites for hydroxylation is 1. The van der Waals surface area contributed by atoms with Gasteiger partial charge in [-0.25, -0.2) is 4.79 Å². The molecule has 1 unspecified atom stereocenters. The van der Waals surface area contributed by atoms with Crippen molar-refractivity contribution in [1.82, 2.24) is 4.57 Å². The SMILES string of the molecule is CC(CNc1ccc2c(c1)oc(=O)n2C)CC(=O)O. The molecule has 6 heteroatoms. The van der Waals surface area contributed by atoms with Crippen LogP contribution >= 0.6 is 0 Å². The Bertz CT molecular complexity index is 656. The molecule has 2 rings (SSSR count). The van der Waals surface area contributed by atoms with Gasteiger partial charge in [0.05, 0.1) is 5.52 Å². The maximum atomic E-state index is 11.3. The third-order valence-electron chi connectivity index (χ3n) is 2.97. The van der Waals surface area contributed by atoms with Gasteiger partial charge in [-0.3, -0.25) is 9.36 Å². The molecule has 0 saturated heterocycles. The average molecular weight is 264 g/mol. The predicted octanol–water partition coefficient (Wildman–Crippen LogP) is 1.65. The monoisotopic (exact) mass is 264 g/mol. The van der Waals surface area contributed by atoms with E-state index in [2.05, 4.69) is 5.32 Å². The second-order valence-electron chi connectivity index (χ2n) is 4.69. The van der Waals surface area contributed by atoms with Gasteiger partial charge in [0, 0.05) is 31.8 Å². The zero-order chi connectivity index (χ0) is 14.0. The van der Waals surface area contributed by atoms with Crippen molar-refractivity contribution >= 4 is 22.8 Å². The van der Waals surface area contributed by atoms with E-state index in [9.17, 15) is 9.59 Å². The van der Waals surface area contributed by atoms with Crippen molar-refractivity contribution in [2.75, 3.05) is 11.9 Å². The molecule has 2 aromatic rings. The first kappa shape index (κ1) is 13.2. The second-order valence-corrected chi connectivity index (χ2v) is 4.69. The van der Waals surface area contributed by atoms with Crippen molar-refractivity contribution in [3.63, 3.8) is 0 Å². The van der Waals surface area contributed by atoms with Crippen LogP contribution in [0.4, 0.5) is 5.69 Å². The molecule has 102 valence electrons. The van der Waals surface area contributed by atoms with Gasteiger partial charge in [-0.1, -0.05) is 6.92 Å². The molecule has 0 bridgehead atoms. The summed E-state index contributed by atoms with van der Waals surface area (Å²) in [6, 6.07) is 5.37. The highest BCUT2D eigenvalue weighted by Crippen LogP contribution is 2.18. The van der Waals surface area contributed by atoms with Crippen LogP contribution in [0.1, 0.15) is 13.3 Å². The molecule has 0 aliphatic carbocycles. The minimum Gasteiger partial charge on any atom is -0.481 e. The minimum atomic E-state index is -0.807. The summed E-state index contributed by atoms with van der Waals surface area (Å²) < 4.78 is 6.52. The van der Waals surface area contributed by atoms with Crippen LogP contribution < -0.4 is 11.1 Å². The van der Waals surface area contributed by atoms with E-state index >= 15 is 0 Å². The summed E-state index contributed by atoms with van der Waals surface area (Å²) in [5.74, 6) is -1.18. The number of fused-ring (bicyclic) bond motifs is 1. The van der Waals surface area contributed by atoms with E-state index in [1.54, 1.807) is 19.2 Å². The molecule has 6 nitrogen and oxygen atoms in total. The molecule has 1 aromatic heterocycles. The molecule has 0 amide bonds. The van der Waals surface area contributed by atoms with Crippen LogP contribution in [0, 0.1) is 5.92 Å². The number of carbonyl (C=O) groups is 1. The Balaban J connectivity index is 2.09. The third-order valence-corrected chi connectivity index (χ3v) is 2.97. The van der Waals surface area contributed by atoms with Crippen LogP contribution in [0.5, 0.6) is 0 Å². The Morgan fingerprint density at radius 2 is 2.26 bits per heavy atom. The minimum absolute atomic E-state index is 0.0241. The normalized spacial score (nSPS) is 12.5. The van der Waals surface area contributed by atoms with Crippen molar-refractivity contribution < 1.29 is 14.3 Å². The molecule has 0 aliphatic heterocycles. The maximum Gasteiger partial charge on any atom is 0.419 e. The maximum absolute atomic E-state index is 11.3. The van der Waals surface area contributed by atoms with Gasteiger partial charge in [0.15, 0.2) is 5.58 Å². The first-order valence-corrected chi connectivity index (χ1v) is 6.02. The van der Waals surface area contributed by atoms with E-state index in [0.717, 1.165) is 11.2 Å². The summed E-state index contributed by atoms with van der Waals surface area (Å²) in [6.07, 6.45) is 0.121. The number of anilines is 1. The van der Waals surface area contributed by atoms with Gasteiger partial charge < -0.3 is 14.8 Å². The number of carboxylic acid groups (broad SMARTS) is 1. The fourth-order valence-corrected chi connectivity index (χ4v) is 1.91. The van der Waals surface area contributed by atoms with Gasteiger partial charge in [0.1, 0.15) is 0 Å². The van der Waals surface area contributed by atoms with Crippen LogP contribution in [-0.2, 0) is 11.8 Å². The summed E-state index contributed by atoms with van der Waals surface area (Å²) in [7, 11) is 1.65. The summed E-state index contributed by atoms with van der Waals surface area (Å²) in [5.41, 5.74) is 2.05. The highest BCUT2D eigenvalue weighted by molar-refractivity contribution is 5.77. The first-order chi connectivity index (χ1) is 8.97. The molecule has 0 spiro atoms. The second kappa shape index (κ2) is 5.17. The summed E-state index contributed by atoms with van der Waals surface area (Å²) in [5, 5.41) is 11.8. The van der Waals surface area contributed by atoms with Crippen molar-refractivity contribution in [1.29, 1.82) is 0 Å². The number of rotatable bonds is 5. The number of aromatic nitrogens is 1. The largest absolute Gasteiger partial charge is 0.481 e. The summed E-state index contributed by atoms with van der Waals surface area (Å²) >= 11 is 0. The smallest absolute Gasteiger partial charge is 0.419 e. The Hall–Kier alpha value is -2.24. The predicted molar refractivity (Wildman–Crippen MR) is 71.4 cm³/mol. The molecular formula is C13H16N2O4. The number of nitrogens with one attached hydrogen (secondary N) is 1. The van der Waals surface area contributed by atoms with E-state index in [0.29, 0.717) is 12.1 Å². The standard InChI is InChI=1S/C13H16N2O4/c1-8(5-12(16)17)7-14-9-3-4-10-11(6-9)19-13(18)15(10)2/h3-4,6,8,14H,5,7H2,1-2H3,(H,16,17). The molecule has 0 aliphatic rings. The van der Waals surface area contributed by atoms with Gasteiger partial charge in [0.2, 0.25) is 0 Å². The van der Waals surface area contributed by atoms with Crippen LogP contribution in [0.2, 0.25) is 0 Å². The number of benzene rings is 1. The Morgan fingerprint density at radius 1 is 1.53 bits per heavy atom. The average Bonchev–Trinajstić information content (AvgIpc) is 2.61.